The van der Waals surface area contributed by atoms with Crippen LogP contribution in [0.25, 0.3) is 6.08 Å². The molecule has 1 aliphatic rings. The second kappa shape index (κ2) is 9.06. The maximum absolute atomic E-state index is 12.8. The molecule has 0 spiro atoms. The van der Waals surface area contributed by atoms with Crippen LogP contribution in [0.1, 0.15) is 52.6 Å². The summed E-state index contributed by atoms with van der Waals surface area (Å²) in [5.41, 5.74) is 2.59. The lowest BCUT2D eigenvalue weighted by Crippen LogP contribution is -2.12. The maximum atomic E-state index is 12.8. The topological polar surface area (TPSA) is 71.1 Å². The lowest BCUT2D eigenvalue weighted by atomic mass is 9.87. The Kier molecular flexibility index (Phi) is 6.16. The fraction of sp³-hybridized carbons (Fsp3) is 0.214. The number of carbonyl (C=O) groups is 2. The highest BCUT2D eigenvalue weighted by atomic mass is 16.5. The summed E-state index contributed by atoms with van der Waals surface area (Å²) >= 11 is 0. The van der Waals surface area contributed by atoms with Crippen LogP contribution in [0.2, 0.25) is 0 Å². The minimum absolute atomic E-state index is 0.00752. The van der Waals surface area contributed by atoms with Crippen molar-refractivity contribution >= 4 is 17.8 Å². The number of ketones is 1. The van der Waals surface area contributed by atoms with Crippen LogP contribution in [0.4, 0.5) is 0 Å². The van der Waals surface area contributed by atoms with Gasteiger partial charge in [-0.15, -0.1) is 0 Å². The van der Waals surface area contributed by atoms with Gasteiger partial charge in [0, 0.05) is 11.6 Å². The highest BCUT2D eigenvalue weighted by Crippen LogP contribution is 2.37. The van der Waals surface area contributed by atoms with E-state index in [2.05, 4.69) is 20.8 Å². The Balaban J connectivity index is 1.54. The number of para-hydroxylation sites is 1. The maximum Gasteiger partial charge on any atom is 0.343 e. The number of esters is 1. The van der Waals surface area contributed by atoms with E-state index in [9.17, 15) is 9.59 Å². The lowest BCUT2D eigenvalue weighted by molar-refractivity contribution is 0.0734. The molecule has 3 aromatic rings. The molecule has 6 nitrogen and oxygen atoms in total. The van der Waals surface area contributed by atoms with E-state index in [0.29, 0.717) is 33.9 Å². The van der Waals surface area contributed by atoms with Crippen LogP contribution >= 0.6 is 0 Å². The molecule has 174 valence electrons. The number of methoxy groups -OCH3 is 2. The first-order valence-corrected chi connectivity index (χ1v) is 10.8. The zero-order valence-electron chi connectivity index (χ0n) is 19.8. The van der Waals surface area contributed by atoms with Crippen molar-refractivity contribution < 1.29 is 28.5 Å². The molecule has 0 saturated heterocycles. The number of hydrogen-bond donors (Lipinski definition) is 0. The van der Waals surface area contributed by atoms with E-state index in [0.717, 1.165) is 5.56 Å². The molecule has 0 amide bonds. The highest BCUT2D eigenvalue weighted by molar-refractivity contribution is 6.14. The van der Waals surface area contributed by atoms with Crippen LogP contribution in [-0.2, 0) is 5.41 Å². The summed E-state index contributed by atoms with van der Waals surface area (Å²) < 4.78 is 22.1. The smallest absolute Gasteiger partial charge is 0.343 e. The van der Waals surface area contributed by atoms with Crippen molar-refractivity contribution in [3.05, 3.63) is 88.7 Å². The molecule has 0 saturated carbocycles. The predicted octanol–water partition coefficient (Wildman–Crippen LogP) is 5.84. The molecule has 6 heteroatoms. The van der Waals surface area contributed by atoms with Gasteiger partial charge in [0.15, 0.2) is 17.3 Å². The summed E-state index contributed by atoms with van der Waals surface area (Å²) in [6, 6.07) is 17.4. The molecule has 0 radical (unpaired) electrons. The fourth-order valence-electron chi connectivity index (χ4n) is 3.67. The molecular weight excluding hydrogens is 432 g/mol. The van der Waals surface area contributed by atoms with Crippen LogP contribution in [0.5, 0.6) is 23.0 Å². The predicted molar refractivity (Wildman–Crippen MR) is 129 cm³/mol. The van der Waals surface area contributed by atoms with Crippen molar-refractivity contribution in [2.45, 2.75) is 26.2 Å². The van der Waals surface area contributed by atoms with Crippen molar-refractivity contribution in [3.63, 3.8) is 0 Å². The Morgan fingerprint density at radius 1 is 0.941 bits per heavy atom. The summed E-state index contributed by atoms with van der Waals surface area (Å²) in [5.74, 6) is 1.05. The number of Topliss-reactive ketones (excluding diaryl/α,β-unsaturated/α-hetero) is 1. The second-order valence-electron chi connectivity index (χ2n) is 8.90. The molecule has 0 aliphatic carbocycles. The monoisotopic (exact) mass is 458 g/mol. The van der Waals surface area contributed by atoms with Gasteiger partial charge in [-0.1, -0.05) is 45.0 Å². The highest BCUT2D eigenvalue weighted by Gasteiger charge is 2.28. The lowest BCUT2D eigenvalue weighted by Gasteiger charge is -2.18. The Bertz CT molecular complexity index is 1280. The summed E-state index contributed by atoms with van der Waals surface area (Å²) in [4.78, 5) is 25.5. The van der Waals surface area contributed by atoms with Gasteiger partial charge in [0.05, 0.1) is 25.3 Å². The van der Waals surface area contributed by atoms with Gasteiger partial charge in [-0.3, -0.25) is 4.79 Å². The summed E-state index contributed by atoms with van der Waals surface area (Å²) in [7, 11) is 3.08. The molecule has 0 atom stereocenters. The van der Waals surface area contributed by atoms with Crippen molar-refractivity contribution in [2.24, 2.45) is 0 Å². The van der Waals surface area contributed by atoms with E-state index >= 15 is 0 Å². The third-order valence-corrected chi connectivity index (χ3v) is 5.56. The molecule has 1 aliphatic heterocycles. The van der Waals surface area contributed by atoms with Crippen molar-refractivity contribution in [2.75, 3.05) is 14.2 Å². The molecule has 0 aromatic heterocycles. The summed E-state index contributed by atoms with van der Waals surface area (Å²) in [5, 5.41) is 0. The van der Waals surface area contributed by atoms with Crippen LogP contribution in [0.3, 0.4) is 0 Å². The van der Waals surface area contributed by atoms with Crippen molar-refractivity contribution in [1.29, 1.82) is 0 Å². The normalized spacial score (nSPS) is 13.9. The molecule has 1 heterocycles. The van der Waals surface area contributed by atoms with Crippen molar-refractivity contribution in [1.82, 2.24) is 0 Å². The molecule has 34 heavy (non-hydrogen) atoms. The largest absolute Gasteiger partial charge is 0.493 e. The standard InChI is InChI=1S/C28H26O6/c1-28(2,3)19-11-9-17(10-12-19)27(30)33-20-13-14-21-23(16-20)34-24(25(21)29)15-18-7-6-8-22(31-4)26(18)32-5/h6-16H,1-5H3. The van der Waals surface area contributed by atoms with Gasteiger partial charge < -0.3 is 18.9 Å². The van der Waals surface area contributed by atoms with Gasteiger partial charge in [0.2, 0.25) is 5.78 Å². The zero-order valence-corrected chi connectivity index (χ0v) is 19.8. The van der Waals surface area contributed by atoms with Crippen LogP contribution in [0.15, 0.2) is 66.4 Å². The van der Waals surface area contributed by atoms with Gasteiger partial charge in [0.25, 0.3) is 0 Å². The Hall–Kier alpha value is -4.06. The fourth-order valence-corrected chi connectivity index (χ4v) is 3.67. The molecule has 0 fully saturated rings. The number of benzene rings is 3. The van der Waals surface area contributed by atoms with Gasteiger partial charge in [-0.2, -0.15) is 0 Å². The minimum atomic E-state index is -0.485. The Morgan fingerprint density at radius 3 is 2.32 bits per heavy atom. The number of rotatable bonds is 5. The van der Waals surface area contributed by atoms with Gasteiger partial charge in [-0.05, 0) is 47.4 Å². The number of allylic oxidation sites excluding steroid dienone is 1. The summed E-state index contributed by atoms with van der Waals surface area (Å²) in [6.45, 7) is 6.33. The van der Waals surface area contributed by atoms with Crippen LogP contribution < -0.4 is 18.9 Å². The van der Waals surface area contributed by atoms with Gasteiger partial charge >= 0.3 is 5.97 Å². The SMILES string of the molecule is COc1cccc(C=C2Oc3cc(OC(=O)c4ccc(C(C)(C)C)cc4)ccc3C2=O)c1OC. The number of fused-ring (bicyclic) bond motifs is 1. The zero-order chi connectivity index (χ0) is 24.5. The third kappa shape index (κ3) is 4.53. The van der Waals surface area contributed by atoms with E-state index in [1.165, 1.54) is 13.2 Å². The number of ether oxygens (including phenoxy) is 4. The quantitative estimate of drug-likeness (QED) is 0.272. The Labute approximate surface area is 198 Å². The van der Waals surface area contributed by atoms with Gasteiger partial charge in [-0.25, -0.2) is 4.79 Å². The number of carbonyl (C=O) groups excluding carboxylic acids is 2. The number of hydrogen-bond acceptors (Lipinski definition) is 6. The Morgan fingerprint density at radius 2 is 1.68 bits per heavy atom. The molecule has 4 rings (SSSR count). The van der Waals surface area contributed by atoms with E-state index in [-0.39, 0.29) is 22.7 Å². The first-order chi connectivity index (χ1) is 16.2. The van der Waals surface area contributed by atoms with E-state index in [1.807, 2.05) is 12.1 Å². The van der Waals surface area contributed by atoms with Gasteiger partial charge in [0.1, 0.15) is 11.5 Å². The van der Waals surface area contributed by atoms with Crippen LogP contribution in [-0.4, -0.2) is 26.0 Å². The minimum Gasteiger partial charge on any atom is -0.493 e. The molecule has 3 aromatic carbocycles. The molecule has 0 N–H and O–H groups in total. The van der Waals surface area contributed by atoms with E-state index in [4.69, 9.17) is 18.9 Å². The first kappa shape index (κ1) is 23.1. The van der Waals surface area contributed by atoms with E-state index in [1.54, 1.807) is 55.7 Å². The molecule has 0 unspecified atom stereocenters. The van der Waals surface area contributed by atoms with E-state index < -0.39 is 5.97 Å². The van der Waals surface area contributed by atoms with Crippen LogP contribution in [0, 0.1) is 0 Å². The second-order valence-corrected chi connectivity index (χ2v) is 8.90. The average Bonchev–Trinajstić information content (AvgIpc) is 3.12. The molecule has 0 bridgehead atoms. The third-order valence-electron chi connectivity index (χ3n) is 5.56. The molecular formula is C28H26O6. The average molecular weight is 459 g/mol. The van der Waals surface area contributed by atoms with Crippen molar-refractivity contribution in [3.8, 4) is 23.0 Å². The first-order valence-electron chi connectivity index (χ1n) is 10.8. The summed E-state index contributed by atoms with van der Waals surface area (Å²) in [6.07, 6.45) is 1.60.